The zero-order chi connectivity index (χ0) is 13.1. The highest BCUT2D eigenvalue weighted by atomic mass is 16.1. The summed E-state index contributed by atoms with van der Waals surface area (Å²) in [7, 11) is 1.90. The number of nitrogens with zero attached hydrogens (tertiary/aromatic N) is 2. The van der Waals surface area contributed by atoms with Crippen molar-refractivity contribution in [1.82, 2.24) is 15.1 Å². The predicted molar refractivity (Wildman–Crippen MR) is 69.6 cm³/mol. The highest BCUT2D eigenvalue weighted by Gasteiger charge is 2.06. The third-order valence-corrected chi connectivity index (χ3v) is 2.78. The molecule has 0 saturated carbocycles. The van der Waals surface area contributed by atoms with Gasteiger partial charge >= 0.3 is 0 Å². The van der Waals surface area contributed by atoms with Gasteiger partial charge in [-0.05, 0) is 38.2 Å². The maximum absolute atomic E-state index is 11.0. The number of carbonyl (C=O) groups is 1. The van der Waals surface area contributed by atoms with Gasteiger partial charge in [-0.25, -0.2) is 4.68 Å². The molecule has 0 saturated heterocycles. The lowest BCUT2D eigenvalue weighted by atomic mass is 10.2. The zero-order valence-corrected chi connectivity index (χ0v) is 10.5. The van der Waals surface area contributed by atoms with Crippen LogP contribution in [0.4, 0.5) is 0 Å². The van der Waals surface area contributed by atoms with E-state index < -0.39 is 5.91 Å². The molecule has 0 fully saturated rings. The number of aryl methyl sites for hydroxylation is 1. The third-order valence-electron chi connectivity index (χ3n) is 2.78. The molecule has 0 bridgehead atoms. The van der Waals surface area contributed by atoms with Crippen molar-refractivity contribution in [1.29, 1.82) is 0 Å². The highest BCUT2D eigenvalue weighted by Crippen LogP contribution is 2.12. The summed E-state index contributed by atoms with van der Waals surface area (Å²) in [5.74, 6) is -0.422. The van der Waals surface area contributed by atoms with Crippen molar-refractivity contribution >= 4 is 5.91 Å². The van der Waals surface area contributed by atoms with Gasteiger partial charge in [0, 0.05) is 23.9 Å². The third kappa shape index (κ3) is 2.41. The molecule has 94 valence electrons. The smallest absolute Gasteiger partial charge is 0.248 e. The zero-order valence-electron chi connectivity index (χ0n) is 10.5. The van der Waals surface area contributed by atoms with E-state index in [1.807, 2.05) is 32.3 Å². The minimum absolute atomic E-state index is 0.422. The van der Waals surface area contributed by atoms with Crippen molar-refractivity contribution in [2.75, 3.05) is 7.05 Å². The summed E-state index contributed by atoms with van der Waals surface area (Å²) < 4.78 is 1.80. The van der Waals surface area contributed by atoms with Crippen LogP contribution >= 0.6 is 0 Å². The van der Waals surface area contributed by atoms with Gasteiger partial charge in [0.1, 0.15) is 0 Å². The van der Waals surface area contributed by atoms with Crippen LogP contribution in [0, 0.1) is 6.92 Å². The van der Waals surface area contributed by atoms with Gasteiger partial charge in [0.2, 0.25) is 5.91 Å². The molecule has 5 heteroatoms. The number of hydrogen-bond donors (Lipinski definition) is 2. The maximum atomic E-state index is 11.0. The Bertz CT molecular complexity index is 557. The predicted octanol–water partition coefficient (Wildman–Crippen LogP) is 0.999. The summed E-state index contributed by atoms with van der Waals surface area (Å²) >= 11 is 0. The quantitative estimate of drug-likeness (QED) is 0.842. The SMILES string of the molecule is CNCc1cn(-c2ccc(C(N)=O)cc2)nc1C. The molecule has 5 nitrogen and oxygen atoms in total. The van der Waals surface area contributed by atoms with Crippen LogP contribution in [-0.2, 0) is 6.54 Å². The topological polar surface area (TPSA) is 72.9 Å². The minimum atomic E-state index is -0.422. The molecule has 0 aliphatic heterocycles. The first-order chi connectivity index (χ1) is 8.61. The fraction of sp³-hybridized carbons (Fsp3) is 0.231. The number of nitrogens with one attached hydrogen (secondary N) is 1. The summed E-state index contributed by atoms with van der Waals surface area (Å²) in [5, 5.41) is 7.53. The summed E-state index contributed by atoms with van der Waals surface area (Å²) in [4.78, 5) is 11.0. The van der Waals surface area contributed by atoms with Crippen molar-refractivity contribution < 1.29 is 4.79 Å². The number of rotatable bonds is 4. The van der Waals surface area contributed by atoms with E-state index in [-0.39, 0.29) is 0 Å². The lowest BCUT2D eigenvalue weighted by molar-refractivity contribution is 0.100. The van der Waals surface area contributed by atoms with Crippen LogP contribution in [0.1, 0.15) is 21.6 Å². The standard InChI is InChI=1S/C13H16N4O/c1-9-11(7-15-2)8-17(16-9)12-5-3-10(4-6-12)13(14)18/h3-6,8,15H,7H2,1-2H3,(H2,14,18). The minimum Gasteiger partial charge on any atom is -0.366 e. The van der Waals surface area contributed by atoms with Gasteiger partial charge in [0.05, 0.1) is 11.4 Å². The molecule has 1 aromatic carbocycles. The number of amides is 1. The molecule has 1 heterocycles. The summed E-state index contributed by atoms with van der Waals surface area (Å²) in [6.07, 6.45) is 1.98. The van der Waals surface area contributed by atoms with Crippen LogP contribution < -0.4 is 11.1 Å². The van der Waals surface area contributed by atoms with Crippen molar-refractivity contribution in [3.05, 3.63) is 47.3 Å². The Morgan fingerprint density at radius 3 is 2.61 bits per heavy atom. The van der Waals surface area contributed by atoms with Crippen molar-refractivity contribution in [2.45, 2.75) is 13.5 Å². The lowest BCUT2D eigenvalue weighted by Gasteiger charge is -2.01. The molecule has 0 spiro atoms. The van der Waals surface area contributed by atoms with Gasteiger partial charge < -0.3 is 11.1 Å². The largest absolute Gasteiger partial charge is 0.366 e. The first-order valence-corrected chi connectivity index (χ1v) is 5.72. The normalized spacial score (nSPS) is 10.6. The Kier molecular flexibility index (Phi) is 3.43. The van der Waals surface area contributed by atoms with Gasteiger partial charge in [-0.3, -0.25) is 4.79 Å². The Morgan fingerprint density at radius 1 is 1.39 bits per heavy atom. The van der Waals surface area contributed by atoms with Crippen LogP contribution in [0.15, 0.2) is 30.5 Å². The summed E-state index contributed by atoms with van der Waals surface area (Å²) in [6, 6.07) is 7.06. The van der Waals surface area contributed by atoms with Crippen molar-refractivity contribution in [3.63, 3.8) is 0 Å². The van der Waals surface area contributed by atoms with Crippen LogP contribution in [0.5, 0.6) is 0 Å². The molecule has 0 aliphatic rings. The molecule has 2 aromatic rings. The second-order valence-corrected chi connectivity index (χ2v) is 4.13. The second-order valence-electron chi connectivity index (χ2n) is 4.13. The van der Waals surface area contributed by atoms with Crippen LogP contribution in [-0.4, -0.2) is 22.7 Å². The molecule has 1 amide bonds. The molecule has 0 aliphatic carbocycles. The van der Waals surface area contributed by atoms with E-state index in [1.165, 1.54) is 0 Å². The number of carbonyl (C=O) groups excluding carboxylic acids is 1. The maximum Gasteiger partial charge on any atom is 0.248 e. The Labute approximate surface area is 106 Å². The number of primary amides is 1. The highest BCUT2D eigenvalue weighted by molar-refractivity contribution is 5.92. The molecule has 0 radical (unpaired) electrons. The first-order valence-electron chi connectivity index (χ1n) is 5.72. The fourth-order valence-corrected chi connectivity index (χ4v) is 1.77. The van der Waals surface area contributed by atoms with Crippen molar-refractivity contribution in [3.8, 4) is 5.69 Å². The summed E-state index contributed by atoms with van der Waals surface area (Å²) in [5.41, 5.74) is 8.75. The van der Waals surface area contributed by atoms with Crippen LogP contribution in [0.2, 0.25) is 0 Å². The second kappa shape index (κ2) is 5.01. The molecule has 0 unspecified atom stereocenters. The molecular weight excluding hydrogens is 228 g/mol. The van der Waals surface area contributed by atoms with E-state index >= 15 is 0 Å². The van der Waals surface area contributed by atoms with Gasteiger partial charge in [0.25, 0.3) is 0 Å². The van der Waals surface area contributed by atoms with Crippen LogP contribution in [0.25, 0.3) is 5.69 Å². The Morgan fingerprint density at radius 2 is 2.06 bits per heavy atom. The fourth-order valence-electron chi connectivity index (χ4n) is 1.77. The van der Waals surface area contributed by atoms with E-state index in [1.54, 1.807) is 16.8 Å². The van der Waals surface area contributed by atoms with Gasteiger partial charge in [-0.15, -0.1) is 0 Å². The molecule has 3 N–H and O–H groups in total. The Balaban J connectivity index is 2.31. The number of aromatic nitrogens is 2. The molecule has 1 aromatic heterocycles. The Hall–Kier alpha value is -2.14. The van der Waals surface area contributed by atoms with Crippen LogP contribution in [0.3, 0.4) is 0 Å². The molecular formula is C13H16N4O. The van der Waals surface area contributed by atoms with Crippen molar-refractivity contribution in [2.24, 2.45) is 5.73 Å². The van der Waals surface area contributed by atoms with E-state index in [0.717, 1.165) is 23.5 Å². The first kappa shape index (κ1) is 12.3. The lowest BCUT2D eigenvalue weighted by Crippen LogP contribution is -2.10. The van der Waals surface area contributed by atoms with Gasteiger partial charge in [0.15, 0.2) is 0 Å². The molecule has 2 rings (SSSR count). The van der Waals surface area contributed by atoms with E-state index in [4.69, 9.17) is 5.73 Å². The average molecular weight is 244 g/mol. The van der Waals surface area contributed by atoms with E-state index in [9.17, 15) is 4.79 Å². The monoisotopic (exact) mass is 244 g/mol. The van der Waals surface area contributed by atoms with E-state index in [0.29, 0.717) is 5.56 Å². The molecule has 18 heavy (non-hydrogen) atoms. The van der Waals surface area contributed by atoms with E-state index in [2.05, 4.69) is 10.4 Å². The molecule has 0 atom stereocenters. The average Bonchev–Trinajstić information content (AvgIpc) is 2.72. The van der Waals surface area contributed by atoms with Gasteiger partial charge in [-0.1, -0.05) is 0 Å². The van der Waals surface area contributed by atoms with Gasteiger partial charge in [-0.2, -0.15) is 5.10 Å². The number of nitrogens with two attached hydrogens (primary N) is 1. The number of benzene rings is 1. The number of hydrogen-bond acceptors (Lipinski definition) is 3. The summed E-state index contributed by atoms with van der Waals surface area (Å²) in [6.45, 7) is 2.76.